The summed E-state index contributed by atoms with van der Waals surface area (Å²) in [7, 11) is -3.64. The summed E-state index contributed by atoms with van der Waals surface area (Å²) in [6.45, 7) is 1.60. The Bertz CT molecular complexity index is 1110. The van der Waals surface area contributed by atoms with E-state index in [1.165, 1.54) is 5.56 Å². The maximum atomic E-state index is 12.7. The first-order chi connectivity index (χ1) is 16.4. The number of aryl methyl sites for hydroxylation is 2. The fraction of sp³-hybridized carbons (Fsp3) is 0.462. The third-order valence-corrected chi connectivity index (χ3v) is 8.25. The minimum absolute atomic E-state index is 0.0220. The highest BCUT2D eigenvalue weighted by atomic mass is 32.2. The van der Waals surface area contributed by atoms with Crippen LogP contribution in [-0.2, 0) is 39.0 Å². The van der Waals surface area contributed by atoms with Crippen LogP contribution in [0.1, 0.15) is 48.8 Å². The van der Waals surface area contributed by atoms with Gasteiger partial charge in [-0.1, -0.05) is 36.4 Å². The van der Waals surface area contributed by atoms with E-state index in [0.29, 0.717) is 32.5 Å². The van der Waals surface area contributed by atoms with E-state index >= 15 is 0 Å². The maximum Gasteiger partial charge on any atom is 0.240 e. The van der Waals surface area contributed by atoms with Gasteiger partial charge in [0, 0.05) is 38.5 Å². The predicted octanol–water partition coefficient (Wildman–Crippen LogP) is 2.79. The van der Waals surface area contributed by atoms with Gasteiger partial charge in [0.15, 0.2) is 0 Å². The van der Waals surface area contributed by atoms with E-state index in [9.17, 15) is 18.0 Å². The van der Waals surface area contributed by atoms with Crippen LogP contribution in [-0.4, -0.2) is 44.8 Å². The highest BCUT2D eigenvalue weighted by molar-refractivity contribution is 7.89. The highest BCUT2D eigenvalue weighted by Gasteiger charge is 2.27. The van der Waals surface area contributed by atoms with Crippen molar-refractivity contribution in [3.05, 3.63) is 65.2 Å². The summed E-state index contributed by atoms with van der Waals surface area (Å²) in [5.41, 5.74) is 3.40. The third kappa shape index (κ3) is 6.24. The molecule has 0 saturated carbocycles. The molecule has 2 aliphatic rings. The number of fused-ring (bicyclic) bond motifs is 1. The topological polar surface area (TPSA) is 95.6 Å². The van der Waals surface area contributed by atoms with Gasteiger partial charge in [0.05, 0.1) is 4.90 Å². The van der Waals surface area contributed by atoms with Crippen molar-refractivity contribution in [1.29, 1.82) is 0 Å². The molecule has 7 nitrogen and oxygen atoms in total. The first kappa shape index (κ1) is 24.4. The highest BCUT2D eigenvalue weighted by Crippen LogP contribution is 2.24. The zero-order valence-corrected chi connectivity index (χ0v) is 20.3. The Hall–Kier alpha value is -2.71. The SMILES string of the molecule is O=C(NCc1ccccc1)C1CCN(C(=O)CCNS(=O)(=O)c2ccc3c(c2)CCCC3)CC1. The second-order valence-electron chi connectivity index (χ2n) is 9.14. The summed E-state index contributed by atoms with van der Waals surface area (Å²) < 4.78 is 27.9. The van der Waals surface area contributed by atoms with Crippen LogP contribution in [0, 0.1) is 5.92 Å². The van der Waals surface area contributed by atoms with E-state index in [4.69, 9.17) is 0 Å². The molecule has 1 aliphatic carbocycles. The van der Waals surface area contributed by atoms with E-state index in [1.807, 2.05) is 36.4 Å². The first-order valence-corrected chi connectivity index (χ1v) is 13.6. The molecule has 0 unspecified atom stereocenters. The lowest BCUT2D eigenvalue weighted by Crippen LogP contribution is -2.43. The second kappa shape index (κ2) is 11.1. The Morgan fingerprint density at radius 2 is 1.65 bits per heavy atom. The molecule has 1 fully saturated rings. The van der Waals surface area contributed by atoms with Crippen molar-refractivity contribution in [3.8, 4) is 0 Å². The Morgan fingerprint density at radius 1 is 0.941 bits per heavy atom. The normalized spacial score (nSPS) is 16.6. The Labute approximate surface area is 202 Å². The molecule has 8 heteroatoms. The van der Waals surface area contributed by atoms with Crippen molar-refractivity contribution >= 4 is 21.8 Å². The molecule has 2 aromatic rings. The van der Waals surface area contributed by atoms with Gasteiger partial charge < -0.3 is 10.2 Å². The molecule has 1 saturated heterocycles. The first-order valence-electron chi connectivity index (χ1n) is 12.1. The van der Waals surface area contributed by atoms with Crippen molar-refractivity contribution in [1.82, 2.24) is 14.9 Å². The summed E-state index contributed by atoms with van der Waals surface area (Å²) in [5.74, 6) is -0.166. The number of hydrogen-bond acceptors (Lipinski definition) is 4. The summed E-state index contributed by atoms with van der Waals surface area (Å²) >= 11 is 0. The van der Waals surface area contributed by atoms with Crippen LogP contribution in [0.25, 0.3) is 0 Å². The molecule has 1 heterocycles. The summed E-state index contributed by atoms with van der Waals surface area (Å²) in [6, 6.07) is 15.1. The third-order valence-electron chi connectivity index (χ3n) is 6.79. The van der Waals surface area contributed by atoms with E-state index in [0.717, 1.165) is 36.8 Å². The number of nitrogens with one attached hydrogen (secondary N) is 2. The maximum absolute atomic E-state index is 12.7. The molecule has 0 spiro atoms. The molecule has 1 aliphatic heterocycles. The number of likely N-dealkylation sites (tertiary alicyclic amines) is 1. The van der Waals surface area contributed by atoms with Crippen LogP contribution in [0.5, 0.6) is 0 Å². The van der Waals surface area contributed by atoms with Crippen molar-refractivity contribution in [2.45, 2.75) is 56.4 Å². The molecule has 2 aromatic carbocycles. The Morgan fingerprint density at radius 3 is 2.38 bits per heavy atom. The zero-order chi connectivity index (χ0) is 24.0. The van der Waals surface area contributed by atoms with Crippen LogP contribution in [0.3, 0.4) is 0 Å². The van der Waals surface area contributed by atoms with Crippen molar-refractivity contribution in [3.63, 3.8) is 0 Å². The van der Waals surface area contributed by atoms with Gasteiger partial charge in [-0.25, -0.2) is 13.1 Å². The Balaban J connectivity index is 1.19. The van der Waals surface area contributed by atoms with Crippen LogP contribution < -0.4 is 10.0 Å². The lowest BCUT2D eigenvalue weighted by Gasteiger charge is -2.31. The van der Waals surface area contributed by atoms with E-state index in [2.05, 4.69) is 10.0 Å². The molecule has 2 amide bonds. The fourth-order valence-electron chi connectivity index (χ4n) is 4.73. The number of hydrogen-bond donors (Lipinski definition) is 2. The number of nitrogens with zero attached hydrogens (tertiary/aromatic N) is 1. The predicted molar refractivity (Wildman–Crippen MR) is 130 cm³/mol. The molecule has 34 heavy (non-hydrogen) atoms. The summed E-state index contributed by atoms with van der Waals surface area (Å²) in [4.78, 5) is 27.1. The smallest absolute Gasteiger partial charge is 0.240 e. The van der Waals surface area contributed by atoms with Gasteiger partial charge in [-0.05, 0) is 67.3 Å². The van der Waals surface area contributed by atoms with Crippen molar-refractivity contribution in [2.75, 3.05) is 19.6 Å². The van der Waals surface area contributed by atoms with Crippen LogP contribution in [0.4, 0.5) is 0 Å². The lowest BCUT2D eigenvalue weighted by molar-refractivity contribution is -0.135. The molecule has 0 aromatic heterocycles. The van der Waals surface area contributed by atoms with Gasteiger partial charge in [0.1, 0.15) is 0 Å². The number of carbonyl (C=O) groups is 2. The number of carbonyl (C=O) groups excluding carboxylic acids is 2. The lowest BCUT2D eigenvalue weighted by atomic mass is 9.92. The second-order valence-corrected chi connectivity index (χ2v) is 10.9. The number of piperidine rings is 1. The molecule has 182 valence electrons. The minimum atomic E-state index is -3.64. The molecular formula is C26H33N3O4S. The number of amides is 2. The standard InChI is InChI=1S/C26H33N3O4S/c30-25(12-15-28-34(32,33)24-11-10-21-8-4-5-9-23(21)18-24)29-16-13-22(14-17-29)26(31)27-19-20-6-2-1-3-7-20/h1-3,6-7,10-11,18,22,28H,4-5,8-9,12-17,19H2,(H,27,31). The van der Waals surface area contributed by atoms with Gasteiger partial charge in [-0.15, -0.1) is 0 Å². The summed E-state index contributed by atoms with van der Waals surface area (Å²) in [5, 5.41) is 2.98. The monoisotopic (exact) mass is 483 g/mol. The quantitative estimate of drug-likeness (QED) is 0.604. The number of sulfonamides is 1. The number of rotatable bonds is 8. The van der Waals surface area contributed by atoms with Gasteiger partial charge in [-0.2, -0.15) is 0 Å². The molecule has 0 bridgehead atoms. The number of benzene rings is 2. The molecule has 2 N–H and O–H groups in total. The average Bonchev–Trinajstić information content (AvgIpc) is 2.87. The largest absolute Gasteiger partial charge is 0.352 e. The van der Waals surface area contributed by atoms with Crippen molar-refractivity contribution in [2.24, 2.45) is 5.92 Å². The van der Waals surface area contributed by atoms with Gasteiger partial charge in [0.2, 0.25) is 21.8 Å². The van der Waals surface area contributed by atoms with Crippen LogP contribution >= 0.6 is 0 Å². The zero-order valence-electron chi connectivity index (χ0n) is 19.5. The van der Waals surface area contributed by atoms with Crippen LogP contribution in [0.2, 0.25) is 0 Å². The summed E-state index contributed by atoms with van der Waals surface area (Å²) in [6.07, 6.45) is 5.49. The van der Waals surface area contributed by atoms with Crippen molar-refractivity contribution < 1.29 is 18.0 Å². The van der Waals surface area contributed by atoms with E-state index in [1.54, 1.807) is 17.0 Å². The minimum Gasteiger partial charge on any atom is -0.352 e. The van der Waals surface area contributed by atoms with Gasteiger partial charge in [0.25, 0.3) is 0 Å². The van der Waals surface area contributed by atoms with E-state index in [-0.39, 0.29) is 35.6 Å². The van der Waals surface area contributed by atoms with Gasteiger partial charge in [-0.3, -0.25) is 9.59 Å². The van der Waals surface area contributed by atoms with E-state index < -0.39 is 10.0 Å². The Kier molecular flexibility index (Phi) is 8.00. The molecule has 0 radical (unpaired) electrons. The fourth-order valence-corrected chi connectivity index (χ4v) is 5.81. The molecular weight excluding hydrogens is 450 g/mol. The van der Waals surface area contributed by atoms with Crippen LogP contribution in [0.15, 0.2) is 53.4 Å². The molecule has 0 atom stereocenters. The average molecular weight is 484 g/mol. The molecule has 4 rings (SSSR count). The van der Waals surface area contributed by atoms with Gasteiger partial charge >= 0.3 is 0 Å².